The Labute approximate surface area is 521 Å². The lowest BCUT2D eigenvalue weighted by atomic mass is 10.1. The topological polar surface area (TPSA) is 300 Å². The number of nitrogens with one attached hydrogen (secondary N) is 4. The fourth-order valence-corrected chi connectivity index (χ4v) is 9.95. The normalized spacial score (nSPS) is 10.4. The predicted octanol–water partition coefficient (Wildman–Crippen LogP) is 14.7. The second-order valence-electron chi connectivity index (χ2n) is 17.7. The third kappa shape index (κ3) is 23.1. The minimum atomic E-state index is -0.924. The van der Waals surface area contributed by atoms with Gasteiger partial charge in [0.1, 0.15) is 43.9 Å². The van der Waals surface area contributed by atoms with Gasteiger partial charge in [-0.2, -0.15) is 0 Å². The van der Waals surface area contributed by atoms with E-state index in [0.29, 0.717) is 43.9 Å². The summed E-state index contributed by atoms with van der Waals surface area (Å²) in [6.07, 6.45) is 0. The van der Waals surface area contributed by atoms with E-state index in [1.165, 1.54) is 22.3 Å². The lowest BCUT2D eigenvalue weighted by Gasteiger charge is -2.11. The third-order valence-corrected chi connectivity index (χ3v) is 15.6. The van der Waals surface area contributed by atoms with E-state index in [9.17, 15) is 19.2 Å². The Morgan fingerprint density at radius 1 is 0.345 bits per heavy atom. The van der Waals surface area contributed by atoms with E-state index in [0.717, 1.165) is 92.1 Å². The second kappa shape index (κ2) is 33.4. The van der Waals surface area contributed by atoms with Crippen LogP contribution in [0, 0.1) is 55.4 Å². The van der Waals surface area contributed by atoms with Crippen LogP contribution in [-0.2, 0) is 19.2 Å². The van der Waals surface area contributed by atoms with Crippen LogP contribution in [0.3, 0.4) is 0 Å². The molecule has 84 heavy (non-hydrogen) atoms. The van der Waals surface area contributed by atoms with Gasteiger partial charge >= 0.3 is 23.9 Å². The Bertz CT molecular complexity index is 3190. The van der Waals surface area contributed by atoms with Crippen molar-refractivity contribution in [2.24, 2.45) is 0 Å². The molecule has 4 aromatic heterocycles. The number of rotatable bonds is 20. The summed E-state index contributed by atoms with van der Waals surface area (Å²) in [6, 6.07) is 30.1. The van der Waals surface area contributed by atoms with Gasteiger partial charge in [0.2, 0.25) is 0 Å². The highest BCUT2D eigenvalue weighted by molar-refractivity contribution is 8.00. The number of anilines is 8. The summed E-state index contributed by atoms with van der Waals surface area (Å²) in [7, 11) is 0. The molecule has 0 spiro atoms. The highest BCUT2D eigenvalue weighted by atomic mass is 35.5. The van der Waals surface area contributed by atoms with Gasteiger partial charge < -0.3 is 41.7 Å². The van der Waals surface area contributed by atoms with Crippen molar-refractivity contribution in [1.82, 2.24) is 39.9 Å². The number of aromatic nitrogens is 8. The van der Waals surface area contributed by atoms with E-state index in [4.69, 9.17) is 66.8 Å². The smallest absolute Gasteiger partial charge is 0.313 e. The van der Waals surface area contributed by atoms with Crippen LogP contribution in [0.5, 0.6) is 0 Å². The molecular formula is C56H56Cl4N12O8S4. The second-order valence-corrected chi connectivity index (χ2v) is 23.0. The maximum absolute atomic E-state index is 10.6. The van der Waals surface area contributed by atoms with Gasteiger partial charge in [-0.1, -0.05) is 142 Å². The van der Waals surface area contributed by atoms with Crippen LogP contribution in [0.4, 0.5) is 46.0 Å². The number of thioether (sulfide) groups is 4. The zero-order valence-electron chi connectivity index (χ0n) is 46.2. The number of carbonyl (C=O) groups is 4. The monoisotopic (exact) mass is 1290 g/mol. The molecule has 0 radical (unpaired) electrons. The first-order valence-electron chi connectivity index (χ1n) is 24.7. The quantitative estimate of drug-likeness (QED) is 0.0200. The Hall–Kier alpha value is -7.16. The van der Waals surface area contributed by atoms with Gasteiger partial charge in [0, 0.05) is 47.0 Å². The predicted molar refractivity (Wildman–Crippen MR) is 338 cm³/mol. The molecule has 0 saturated carbocycles. The van der Waals surface area contributed by atoms with E-state index in [1.54, 1.807) is 24.3 Å². The SMILES string of the molecule is Cc1cccc(Nc2cc(Cl)nc(SCC(=O)O)n2)c1C.Cc1cccc(Nc2cc(Cl)nc(SCC(=O)O)n2)c1C.Cc1cccc(Nc2cc(Cl)nc(SCC(=O)O)n2)c1C.Cc1cccc(Nc2cc(Cl)nc(SCC(=O)O)n2)c1C. The third-order valence-electron chi connectivity index (χ3n) is 11.5. The molecule has 0 aliphatic carbocycles. The maximum atomic E-state index is 10.6. The van der Waals surface area contributed by atoms with Crippen molar-refractivity contribution < 1.29 is 39.6 Å². The van der Waals surface area contributed by atoms with Crippen LogP contribution in [-0.4, -0.2) is 107 Å². The number of hydrogen-bond acceptors (Lipinski definition) is 20. The van der Waals surface area contributed by atoms with E-state index in [1.807, 2.05) is 128 Å². The lowest BCUT2D eigenvalue weighted by Crippen LogP contribution is -2.02. The molecule has 0 aliphatic heterocycles. The molecule has 4 heterocycles. The number of carboxylic acids is 4. The summed E-state index contributed by atoms with van der Waals surface area (Å²) in [5.41, 5.74) is 12.9. The maximum Gasteiger partial charge on any atom is 0.313 e. The van der Waals surface area contributed by atoms with Crippen molar-refractivity contribution in [3.63, 3.8) is 0 Å². The summed E-state index contributed by atoms with van der Waals surface area (Å²) in [4.78, 5) is 75.4. The van der Waals surface area contributed by atoms with Crippen LogP contribution >= 0.6 is 93.5 Å². The Kier molecular flexibility index (Phi) is 26.9. The van der Waals surface area contributed by atoms with Gasteiger partial charge in [0.15, 0.2) is 20.6 Å². The number of aryl methyl sites for hydroxylation is 4. The van der Waals surface area contributed by atoms with Crippen molar-refractivity contribution in [3.05, 3.63) is 162 Å². The fraction of sp³-hybridized carbons (Fsp3) is 0.214. The van der Waals surface area contributed by atoms with Gasteiger partial charge in [-0.05, 0) is 124 Å². The Morgan fingerprint density at radius 3 is 0.714 bits per heavy atom. The number of carboxylic acid groups (broad SMARTS) is 4. The molecule has 20 nitrogen and oxygen atoms in total. The van der Waals surface area contributed by atoms with Crippen LogP contribution in [0.25, 0.3) is 0 Å². The molecule has 0 atom stereocenters. The molecule has 8 aromatic rings. The minimum Gasteiger partial charge on any atom is -0.481 e. The van der Waals surface area contributed by atoms with Crippen molar-refractivity contribution >= 4 is 163 Å². The molecule has 0 unspecified atom stereocenters. The minimum absolute atomic E-state index is 0.108. The lowest BCUT2D eigenvalue weighted by molar-refractivity contribution is -0.134. The Morgan fingerprint density at radius 2 is 0.536 bits per heavy atom. The summed E-state index contributed by atoms with van der Waals surface area (Å²) in [5, 5.41) is 49.9. The van der Waals surface area contributed by atoms with Crippen molar-refractivity contribution in [1.29, 1.82) is 0 Å². The molecule has 0 bridgehead atoms. The number of nitrogens with zero attached hydrogens (tertiary/aromatic N) is 8. The summed E-state index contributed by atoms with van der Waals surface area (Å²) < 4.78 is 0. The number of benzene rings is 4. The van der Waals surface area contributed by atoms with Crippen molar-refractivity contribution in [3.8, 4) is 0 Å². The first-order valence-corrected chi connectivity index (χ1v) is 30.2. The number of hydrogen-bond donors (Lipinski definition) is 8. The molecule has 0 amide bonds. The van der Waals surface area contributed by atoms with Crippen LogP contribution in [0.15, 0.2) is 118 Å². The fourth-order valence-electron chi connectivity index (χ4n) is 6.70. The highest BCUT2D eigenvalue weighted by Crippen LogP contribution is 2.30. The zero-order valence-corrected chi connectivity index (χ0v) is 52.5. The van der Waals surface area contributed by atoms with E-state index >= 15 is 0 Å². The first-order chi connectivity index (χ1) is 39.8. The van der Waals surface area contributed by atoms with Crippen molar-refractivity contribution in [2.45, 2.75) is 76.0 Å². The number of halogens is 4. The Balaban J connectivity index is 0.000000205. The molecule has 0 saturated heterocycles. The van der Waals surface area contributed by atoms with E-state index in [-0.39, 0.29) is 43.6 Å². The summed E-state index contributed by atoms with van der Waals surface area (Å²) >= 11 is 27.9. The molecular weight excluding hydrogens is 1240 g/mol. The molecule has 28 heteroatoms. The highest BCUT2D eigenvalue weighted by Gasteiger charge is 2.13. The van der Waals surface area contributed by atoms with Gasteiger partial charge in [0.05, 0.1) is 23.0 Å². The van der Waals surface area contributed by atoms with Crippen LogP contribution in [0.1, 0.15) is 44.5 Å². The average Bonchev–Trinajstić information content (AvgIpc) is 3.47. The molecule has 8 rings (SSSR count). The number of aliphatic carboxylic acids is 4. The first kappa shape index (κ1) is 67.6. The zero-order chi connectivity index (χ0) is 61.6. The largest absolute Gasteiger partial charge is 0.481 e. The van der Waals surface area contributed by atoms with Gasteiger partial charge in [-0.15, -0.1) is 0 Å². The molecule has 0 aliphatic rings. The van der Waals surface area contributed by atoms with Crippen LogP contribution < -0.4 is 21.3 Å². The average molecular weight is 1300 g/mol. The summed E-state index contributed by atoms with van der Waals surface area (Å²) in [6.45, 7) is 16.2. The summed E-state index contributed by atoms with van der Waals surface area (Å²) in [5.74, 6) is -1.97. The van der Waals surface area contributed by atoms with Gasteiger partial charge in [0.25, 0.3) is 0 Å². The molecule has 8 N–H and O–H groups in total. The van der Waals surface area contributed by atoms with Gasteiger partial charge in [-0.3, -0.25) is 19.2 Å². The van der Waals surface area contributed by atoms with E-state index in [2.05, 4.69) is 61.1 Å². The van der Waals surface area contributed by atoms with Crippen molar-refractivity contribution in [2.75, 3.05) is 44.3 Å². The van der Waals surface area contributed by atoms with Gasteiger partial charge in [-0.25, -0.2) is 39.9 Å². The molecule has 440 valence electrons. The molecule has 0 fully saturated rings. The van der Waals surface area contributed by atoms with E-state index < -0.39 is 23.9 Å². The standard InChI is InChI=1S/4C14H14ClN3O2S/c4*1-8-4-3-5-10(9(8)2)16-12-6-11(15)17-14(18-12)21-7-13(19)20/h4*3-6H,7H2,1-2H3,(H,19,20)(H,16,17,18). The van der Waals surface area contributed by atoms with Crippen LogP contribution in [0.2, 0.25) is 20.6 Å². The molecule has 4 aromatic carbocycles.